The molecule has 0 saturated heterocycles. The standard InChI is InChI=1S/C44H84O6/c1-4-7-10-13-15-17-19-21-22-23-25-26-28-31-34-37-43(46)49-40-41(39-48-42(45)36-33-30-12-9-6-3)50-44(47)38-35-32-29-27-24-20-18-16-14-11-8-5-2/h41H,4-40H2,1-3H3. The lowest BCUT2D eigenvalue weighted by atomic mass is 10.0. The lowest BCUT2D eigenvalue weighted by Gasteiger charge is -2.18. The molecule has 50 heavy (non-hydrogen) atoms. The second kappa shape index (κ2) is 40.2. The van der Waals surface area contributed by atoms with Gasteiger partial charge in [-0.15, -0.1) is 0 Å². The first-order valence-electron chi connectivity index (χ1n) is 22.0. The normalized spacial score (nSPS) is 11.8. The summed E-state index contributed by atoms with van der Waals surface area (Å²) >= 11 is 0. The van der Waals surface area contributed by atoms with Crippen LogP contribution in [0.25, 0.3) is 0 Å². The molecule has 0 amide bonds. The molecule has 0 aromatic carbocycles. The van der Waals surface area contributed by atoms with Crippen LogP contribution < -0.4 is 0 Å². The number of ether oxygens (including phenoxy) is 3. The third-order valence-corrected chi connectivity index (χ3v) is 9.86. The average molecular weight is 709 g/mol. The van der Waals surface area contributed by atoms with Crippen molar-refractivity contribution >= 4 is 17.9 Å². The van der Waals surface area contributed by atoms with E-state index in [0.717, 1.165) is 64.2 Å². The van der Waals surface area contributed by atoms with E-state index in [1.54, 1.807) is 0 Å². The monoisotopic (exact) mass is 709 g/mol. The highest BCUT2D eigenvalue weighted by Crippen LogP contribution is 2.15. The molecule has 0 aliphatic carbocycles. The van der Waals surface area contributed by atoms with Crippen molar-refractivity contribution in [1.82, 2.24) is 0 Å². The van der Waals surface area contributed by atoms with Gasteiger partial charge in [-0.2, -0.15) is 0 Å². The van der Waals surface area contributed by atoms with Crippen molar-refractivity contribution in [2.75, 3.05) is 13.2 Å². The summed E-state index contributed by atoms with van der Waals surface area (Å²) in [6.07, 6.45) is 39.7. The van der Waals surface area contributed by atoms with E-state index in [9.17, 15) is 14.4 Å². The molecule has 296 valence electrons. The molecule has 0 spiro atoms. The summed E-state index contributed by atoms with van der Waals surface area (Å²) in [4.78, 5) is 37.4. The van der Waals surface area contributed by atoms with Crippen molar-refractivity contribution in [3.05, 3.63) is 0 Å². The van der Waals surface area contributed by atoms with Crippen LogP contribution in [0, 0.1) is 0 Å². The van der Waals surface area contributed by atoms with Gasteiger partial charge in [0.05, 0.1) is 0 Å². The number of unbranched alkanes of at least 4 members (excludes halogenated alkanes) is 29. The van der Waals surface area contributed by atoms with Crippen molar-refractivity contribution in [2.24, 2.45) is 0 Å². The van der Waals surface area contributed by atoms with E-state index in [2.05, 4.69) is 20.8 Å². The molecule has 1 unspecified atom stereocenters. The van der Waals surface area contributed by atoms with Crippen LogP contribution in [0.4, 0.5) is 0 Å². The van der Waals surface area contributed by atoms with E-state index in [0.29, 0.717) is 19.3 Å². The Morgan fingerprint density at radius 3 is 0.800 bits per heavy atom. The molecule has 0 aromatic rings. The number of carbonyl (C=O) groups is 3. The van der Waals surface area contributed by atoms with Gasteiger partial charge < -0.3 is 14.2 Å². The predicted molar refractivity (Wildman–Crippen MR) is 210 cm³/mol. The molecule has 0 bridgehead atoms. The Labute approximate surface area is 310 Å². The van der Waals surface area contributed by atoms with E-state index < -0.39 is 6.10 Å². The van der Waals surface area contributed by atoms with Crippen molar-refractivity contribution in [3.63, 3.8) is 0 Å². The Kier molecular flexibility index (Phi) is 38.9. The molecule has 0 aliphatic rings. The summed E-state index contributed by atoms with van der Waals surface area (Å²) in [6.45, 7) is 6.57. The van der Waals surface area contributed by atoms with E-state index in [1.807, 2.05) is 0 Å². The molecule has 0 aliphatic heterocycles. The van der Waals surface area contributed by atoms with Crippen LogP contribution in [0.1, 0.15) is 245 Å². The second-order valence-electron chi connectivity index (χ2n) is 15.0. The number of carbonyl (C=O) groups excluding carboxylic acids is 3. The number of rotatable bonds is 40. The van der Waals surface area contributed by atoms with Crippen molar-refractivity contribution < 1.29 is 28.6 Å². The Morgan fingerprint density at radius 2 is 0.540 bits per heavy atom. The molecule has 0 rings (SSSR count). The van der Waals surface area contributed by atoms with Gasteiger partial charge in [0.15, 0.2) is 6.10 Å². The lowest BCUT2D eigenvalue weighted by Crippen LogP contribution is -2.30. The molecule has 1 atom stereocenters. The molecule has 0 N–H and O–H groups in total. The van der Waals surface area contributed by atoms with Gasteiger partial charge in [-0.3, -0.25) is 14.4 Å². The summed E-state index contributed by atoms with van der Waals surface area (Å²) in [7, 11) is 0. The fraction of sp³-hybridized carbons (Fsp3) is 0.932. The molecule has 0 fully saturated rings. The molecule has 6 nitrogen and oxygen atoms in total. The van der Waals surface area contributed by atoms with E-state index in [-0.39, 0.29) is 31.1 Å². The van der Waals surface area contributed by atoms with Crippen LogP contribution in [0.2, 0.25) is 0 Å². The average Bonchev–Trinajstić information content (AvgIpc) is 3.11. The highest BCUT2D eigenvalue weighted by Gasteiger charge is 2.19. The van der Waals surface area contributed by atoms with Crippen LogP contribution in [-0.4, -0.2) is 37.2 Å². The molecule has 6 heteroatoms. The number of hydrogen-bond acceptors (Lipinski definition) is 6. The smallest absolute Gasteiger partial charge is 0.306 e. The van der Waals surface area contributed by atoms with Gasteiger partial charge in [-0.05, 0) is 19.3 Å². The Morgan fingerprint density at radius 1 is 0.320 bits per heavy atom. The van der Waals surface area contributed by atoms with Crippen LogP contribution >= 0.6 is 0 Å². The molecule has 0 heterocycles. The Hall–Kier alpha value is -1.59. The topological polar surface area (TPSA) is 78.9 Å². The van der Waals surface area contributed by atoms with Gasteiger partial charge >= 0.3 is 17.9 Å². The number of hydrogen-bond donors (Lipinski definition) is 0. The first-order valence-corrected chi connectivity index (χ1v) is 22.0. The van der Waals surface area contributed by atoms with Gasteiger partial charge in [0.2, 0.25) is 0 Å². The fourth-order valence-electron chi connectivity index (χ4n) is 6.50. The summed E-state index contributed by atoms with van der Waals surface area (Å²) in [5.41, 5.74) is 0. The Bertz CT molecular complexity index is 738. The maximum absolute atomic E-state index is 12.6. The third-order valence-electron chi connectivity index (χ3n) is 9.86. The molecule has 0 radical (unpaired) electrons. The van der Waals surface area contributed by atoms with E-state index in [1.165, 1.54) is 141 Å². The van der Waals surface area contributed by atoms with Gasteiger partial charge in [0.25, 0.3) is 0 Å². The predicted octanol–water partition coefficient (Wildman–Crippen LogP) is 13.7. The van der Waals surface area contributed by atoms with Gasteiger partial charge in [0.1, 0.15) is 13.2 Å². The number of esters is 3. The zero-order valence-electron chi connectivity index (χ0n) is 33.7. The zero-order chi connectivity index (χ0) is 36.6. The molecule has 0 aromatic heterocycles. The summed E-state index contributed by atoms with van der Waals surface area (Å²) in [5, 5.41) is 0. The molecular weight excluding hydrogens is 624 g/mol. The maximum Gasteiger partial charge on any atom is 0.306 e. The summed E-state index contributed by atoms with van der Waals surface area (Å²) in [6, 6.07) is 0. The van der Waals surface area contributed by atoms with Crippen molar-refractivity contribution in [3.8, 4) is 0 Å². The minimum Gasteiger partial charge on any atom is -0.462 e. The van der Waals surface area contributed by atoms with E-state index >= 15 is 0 Å². The molecular formula is C44H84O6. The highest BCUT2D eigenvalue weighted by atomic mass is 16.6. The lowest BCUT2D eigenvalue weighted by molar-refractivity contribution is -0.167. The van der Waals surface area contributed by atoms with E-state index in [4.69, 9.17) is 14.2 Å². The van der Waals surface area contributed by atoms with Crippen LogP contribution in [0.15, 0.2) is 0 Å². The maximum atomic E-state index is 12.6. The van der Waals surface area contributed by atoms with Gasteiger partial charge in [0, 0.05) is 19.3 Å². The van der Waals surface area contributed by atoms with Crippen molar-refractivity contribution in [1.29, 1.82) is 0 Å². The minimum atomic E-state index is -0.756. The fourth-order valence-corrected chi connectivity index (χ4v) is 6.50. The van der Waals surface area contributed by atoms with Crippen LogP contribution in [0.3, 0.4) is 0 Å². The quantitative estimate of drug-likeness (QED) is 0.0358. The second-order valence-corrected chi connectivity index (χ2v) is 15.0. The highest BCUT2D eigenvalue weighted by molar-refractivity contribution is 5.71. The van der Waals surface area contributed by atoms with Crippen molar-refractivity contribution in [2.45, 2.75) is 252 Å². The summed E-state index contributed by atoms with van der Waals surface area (Å²) in [5.74, 6) is -0.868. The first kappa shape index (κ1) is 48.4. The van der Waals surface area contributed by atoms with Crippen LogP contribution in [-0.2, 0) is 28.6 Å². The first-order chi connectivity index (χ1) is 24.5. The van der Waals surface area contributed by atoms with Gasteiger partial charge in [-0.25, -0.2) is 0 Å². The Balaban J connectivity index is 4.18. The van der Waals surface area contributed by atoms with Gasteiger partial charge in [-0.1, -0.05) is 207 Å². The third kappa shape index (κ3) is 37.7. The largest absolute Gasteiger partial charge is 0.462 e. The minimum absolute atomic E-state index is 0.0640. The SMILES string of the molecule is CCCCCCCCCCCCCCCCCC(=O)OCC(COC(=O)CCCCCCC)OC(=O)CCCCCCCCCCCCCC. The summed E-state index contributed by atoms with van der Waals surface area (Å²) < 4.78 is 16.6. The zero-order valence-corrected chi connectivity index (χ0v) is 33.7. The van der Waals surface area contributed by atoms with Crippen LogP contribution in [0.5, 0.6) is 0 Å². The molecule has 0 saturated carbocycles.